The molecule has 1 saturated heterocycles. The number of carboxylic acid groups (broad SMARTS) is 1. The maximum atomic E-state index is 8.36. The Morgan fingerprint density at radius 3 is 2.52 bits per heavy atom. The Kier molecular flexibility index (Phi) is 7.40. The van der Waals surface area contributed by atoms with Crippen LogP contribution < -0.4 is 10.2 Å². The van der Waals surface area contributed by atoms with E-state index >= 15 is 0 Å². The number of hydrogen-bond donors (Lipinski definition) is 2. The molecule has 0 amide bonds. The predicted octanol–water partition coefficient (Wildman–Crippen LogP) is 1.93. The van der Waals surface area contributed by atoms with Gasteiger partial charge in [0.05, 0.1) is 6.54 Å². The van der Waals surface area contributed by atoms with E-state index in [0.717, 1.165) is 19.6 Å². The quantitative estimate of drug-likeness (QED) is 0.806. The van der Waals surface area contributed by atoms with Gasteiger partial charge in [0.2, 0.25) is 0 Å². The number of anilines is 1. The van der Waals surface area contributed by atoms with Crippen LogP contribution in [-0.4, -0.2) is 51.5 Å². The van der Waals surface area contributed by atoms with Crippen molar-refractivity contribution in [3.8, 4) is 0 Å². The second kappa shape index (κ2) is 9.78. The van der Waals surface area contributed by atoms with Gasteiger partial charge in [-0.2, -0.15) is 5.10 Å². The highest BCUT2D eigenvalue weighted by Gasteiger charge is 2.20. The van der Waals surface area contributed by atoms with Gasteiger partial charge in [0.15, 0.2) is 0 Å². The predicted molar refractivity (Wildman–Crippen MR) is 97.7 cm³/mol. The summed E-state index contributed by atoms with van der Waals surface area (Å²) in [6, 6.07) is 9.87. The molecule has 0 spiro atoms. The van der Waals surface area contributed by atoms with Gasteiger partial charge in [0.1, 0.15) is 12.7 Å². The van der Waals surface area contributed by atoms with Gasteiger partial charge < -0.3 is 15.3 Å². The monoisotopic (exact) mass is 345 g/mol. The number of nitrogens with one attached hydrogen (secondary N) is 1. The van der Waals surface area contributed by atoms with E-state index in [2.05, 4.69) is 58.4 Å². The van der Waals surface area contributed by atoms with E-state index in [1.807, 2.05) is 4.68 Å². The Morgan fingerprint density at radius 1 is 1.32 bits per heavy atom. The molecule has 136 valence electrons. The highest BCUT2D eigenvalue weighted by molar-refractivity contribution is 5.47. The molecule has 0 aliphatic carbocycles. The van der Waals surface area contributed by atoms with Crippen LogP contribution in [0.1, 0.15) is 25.3 Å². The zero-order valence-electron chi connectivity index (χ0n) is 14.9. The van der Waals surface area contributed by atoms with Crippen LogP contribution in [0.25, 0.3) is 0 Å². The summed E-state index contributed by atoms with van der Waals surface area (Å²) in [7, 11) is 0. The lowest BCUT2D eigenvalue weighted by Gasteiger charge is -2.35. The van der Waals surface area contributed by atoms with Crippen molar-refractivity contribution in [2.45, 2.75) is 45.3 Å². The van der Waals surface area contributed by atoms with Crippen LogP contribution in [0.15, 0.2) is 36.9 Å². The average molecular weight is 345 g/mol. The SMILES string of the molecule is Cc1ccc(N2CCC(NC(C)Cn3cncn3)CC2)cc1.O=CO. The van der Waals surface area contributed by atoms with Crippen molar-refractivity contribution in [3.05, 3.63) is 42.5 Å². The van der Waals surface area contributed by atoms with Gasteiger partial charge in [-0.25, -0.2) is 4.98 Å². The zero-order chi connectivity index (χ0) is 18.1. The summed E-state index contributed by atoms with van der Waals surface area (Å²) in [4.78, 5) is 14.8. The summed E-state index contributed by atoms with van der Waals surface area (Å²) in [6.07, 6.45) is 5.75. The largest absolute Gasteiger partial charge is 0.483 e. The van der Waals surface area contributed by atoms with Crippen LogP contribution in [0.2, 0.25) is 0 Å². The van der Waals surface area contributed by atoms with E-state index in [0.29, 0.717) is 12.1 Å². The number of carbonyl (C=O) groups is 1. The summed E-state index contributed by atoms with van der Waals surface area (Å²) in [5.41, 5.74) is 2.67. The van der Waals surface area contributed by atoms with Gasteiger partial charge in [-0.15, -0.1) is 0 Å². The molecule has 2 N–H and O–H groups in total. The minimum atomic E-state index is -0.250. The number of benzene rings is 1. The first-order valence-corrected chi connectivity index (χ1v) is 8.60. The number of nitrogens with zero attached hydrogens (tertiary/aromatic N) is 4. The van der Waals surface area contributed by atoms with Crippen molar-refractivity contribution in [2.75, 3.05) is 18.0 Å². The van der Waals surface area contributed by atoms with Crippen LogP contribution in [-0.2, 0) is 11.3 Å². The molecular weight excluding hydrogens is 318 g/mol. The topological polar surface area (TPSA) is 83.3 Å². The fourth-order valence-electron chi connectivity index (χ4n) is 3.12. The van der Waals surface area contributed by atoms with E-state index in [4.69, 9.17) is 9.90 Å². The maximum Gasteiger partial charge on any atom is 0.290 e. The summed E-state index contributed by atoms with van der Waals surface area (Å²) in [6.45, 7) is 7.22. The lowest BCUT2D eigenvalue weighted by Crippen LogP contribution is -2.46. The first-order valence-electron chi connectivity index (χ1n) is 8.60. The highest BCUT2D eigenvalue weighted by Crippen LogP contribution is 2.20. The van der Waals surface area contributed by atoms with Gasteiger partial charge in [0.25, 0.3) is 6.47 Å². The van der Waals surface area contributed by atoms with Crippen molar-refractivity contribution in [1.82, 2.24) is 20.1 Å². The Hall–Kier alpha value is -2.41. The van der Waals surface area contributed by atoms with Crippen LogP contribution in [0.4, 0.5) is 5.69 Å². The first kappa shape index (κ1) is 18.9. The molecule has 1 aromatic carbocycles. The molecule has 1 aromatic heterocycles. The van der Waals surface area contributed by atoms with Crippen molar-refractivity contribution in [2.24, 2.45) is 0 Å². The van der Waals surface area contributed by atoms with Crippen LogP contribution in [0.3, 0.4) is 0 Å². The molecule has 1 unspecified atom stereocenters. The summed E-state index contributed by atoms with van der Waals surface area (Å²) in [5.74, 6) is 0. The second-order valence-corrected chi connectivity index (χ2v) is 6.39. The molecule has 25 heavy (non-hydrogen) atoms. The van der Waals surface area contributed by atoms with Gasteiger partial charge in [-0.3, -0.25) is 9.48 Å². The highest BCUT2D eigenvalue weighted by atomic mass is 16.3. The molecule has 7 heteroatoms. The number of aromatic nitrogens is 3. The standard InChI is InChI=1S/C17H25N5.CH2O2/c1-14-3-5-17(6-4-14)21-9-7-16(8-10-21)20-15(2)11-22-13-18-12-19-22;2-1-3/h3-6,12-13,15-16,20H,7-11H2,1-2H3;1H,(H,2,3). The molecule has 1 aliphatic heterocycles. The normalized spacial score (nSPS) is 16.0. The van der Waals surface area contributed by atoms with E-state index < -0.39 is 0 Å². The summed E-state index contributed by atoms with van der Waals surface area (Å²) < 4.78 is 1.89. The number of rotatable bonds is 5. The van der Waals surface area contributed by atoms with E-state index in [9.17, 15) is 0 Å². The molecule has 7 nitrogen and oxygen atoms in total. The third-order valence-corrected chi connectivity index (χ3v) is 4.34. The third kappa shape index (κ3) is 6.19. The Bertz CT molecular complexity index is 607. The van der Waals surface area contributed by atoms with Crippen LogP contribution in [0.5, 0.6) is 0 Å². The van der Waals surface area contributed by atoms with Gasteiger partial charge in [-0.1, -0.05) is 17.7 Å². The molecule has 0 bridgehead atoms. The minimum absolute atomic E-state index is 0.250. The first-order chi connectivity index (χ1) is 12.1. The van der Waals surface area contributed by atoms with E-state index in [1.54, 1.807) is 12.7 Å². The number of hydrogen-bond acceptors (Lipinski definition) is 5. The van der Waals surface area contributed by atoms with E-state index in [-0.39, 0.29) is 6.47 Å². The molecule has 1 fully saturated rings. The fourth-order valence-corrected chi connectivity index (χ4v) is 3.12. The number of piperidine rings is 1. The van der Waals surface area contributed by atoms with Crippen molar-refractivity contribution < 1.29 is 9.90 Å². The van der Waals surface area contributed by atoms with Crippen LogP contribution in [0, 0.1) is 6.92 Å². The third-order valence-electron chi connectivity index (χ3n) is 4.34. The van der Waals surface area contributed by atoms with Gasteiger partial charge in [0, 0.05) is 30.9 Å². The molecule has 3 rings (SSSR count). The molecular formula is C18H27N5O2. The Morgan fingerprint density at radius 2 is 1.96 bits per heavy atom. The Balaban J connectivity index is 0.000000701. The molecule has 0 saturated carbocycles. The smallest absolute Gasteiger partial charge is 0.290 e. The van der Waals surface area contributed by atoms with E-state index in [1.165, 1.54) is 24.1 Å². The van der Waals surface area contributed by atoms with Gasteiger partial charge >= 0.3 is 0 Å². The second-order valence-electron chi connectivity index (χ2n) is 6.39. The molecule has 1 aliphatic rings. The summed E-state index contributed by atoms with van der Waals surface area (Å²) >= 11 is 0. The molecule has 2 aromatic rings. The lowest BCUT2D eigenvalue weighted by atomic mass is 10.0. The molecule has 0 radical (unpaired) electrons. The molecule has 1 atom stereocenters. The molecule has 2 heterocycles. The van der Waals surface area contributed by atoms with Gasteiger partial charge in [-0.05, 0) is 38.8 Å². The van der Waals surface area contributed by atoms with Crippen LogP contribution >= 0.6 is 0 Å². The zero-order valence-corrected chi connectivity index (χ0v) is 14.9. The fraction of sp³-hybridized carbons (Fsp3) is 0.500. The number of aryl methyl sites for hydroxylation is 1. The van der Waals surface area contributed by atoms with Crippen molar-refractivity contribution >= 4 is 12.2 Å². The maximum absolute atomic E-state index is 8.36. The average Bonchev–Trinajstić information content (AvgIpc) is 3.10. The summed E-state index contributed by atoms with van der Waals surface area (Å²) in [5, 5.41) is 14.8. The van der Waals surface area contributed by atoms with Crippen molar-refractivity contribution in [1.29, 1.82) is 0 Å². The minimum Gasteiger partial charge on any atom is -0.483 e. The van der Waals surface area contributed by atoms with Crippen molar-refractivity contribution in [3.63, 3.8) is 0 Å². The Labute approximate surface area is 148 Å². The lowest BCUT2D eigenvalue weighted by molar-refractivity contribution is -0.122.